The fourth-order valence-electron chi connectivity index (χ4n) is 1.52. The van der Waals surface area contributed by atoms with Crippen LogP contribution in [0.3, 0.4) is 0 Å². The number of rotatable bonds is 6. The topological polar surface area (TPSA) is 88.2 Å². The average Bonchev–Trinajstić information content (AvgIpc) is 2.43. The molecular formula is C13H18ClN3O3. The van der Waals surface area contributed by atoms with Crippen molar-refractivity contribution < 1.29 is 14.7 Å². The second kappa shape index (κ2) is 7.59. The van der Waals surface area contributed by atoms with Gasteiger partial charge < -0.3 is 20.6 Å². The number of benzene rings is 1. The summed E-state index contributed by atoms with van der Waals surface area (Å²) in [5, 5.41) is 12.0. The fourth-order valence-corrected chi connectivity index (χ4v) is 1.70. The largest absolute Gasteiger partial charge is 0.484 e. The third kappa shape index (κ3) is 4.97. The first-order valence-electron chi connectivity index (χ1n) is 6.03. The summed E-state index contributed by atoms with van der Waals surface area (Å²) >= 11 is 5.82. The molecule has 20 heavy (non-hydrogen) atoms. The van der Waals surface area contributed by atoms with Crippen LogP contribution < -0.4 is 10.5 Å². The Kier molecular flexibility index (Phi) is 6.11. The molecule has 1 aromatic rings. The Morgan fingerprint density at radius 1 is 1.60 bits per heavy atom. The van der Waals surface area contributed by atoms with Crippen LogP contribution in [0.25, 0.3) is 0 Å². The molecule has 0 heterocycles. The van der Waals surface area contributed by atoms with Gasteiger partial charge in [0.1, 0.15) is 11.6 Å². The molecule has 0 aromatic heterocycles. The van der Waals surface area contributed by atoms with E-state index in [1.54, 1.807) is 38.2 Å². The maximum absolute atomic E-state index is 11.9. The molecule has 6 nitrogen and oxygen atoms in total. The Balaban J connectivity index is 2.46. The zero-order valence-electron chi connectivity index (χ0n) is 11.4. The monoisotopic (exact) mass is 299 g/mol. The number of oxime groups is 1. The molecule has 0 saturated heterocycles. The van der Waals surface area contributed by atoms with E-state index in [1.807, 2.05) is 0 Å². The highest BCUT2D eigenvalue weighted by molar-refractivity contribution is 6.30. The van der Waals surface area contributed by atoms with E-state index in [1.165, 1.54) is 4.90 Å². The summed E-state index contributed by atoms with van der Waals surface area (Å²) in [7, 11) is 1.63. The van der Waals surface area contributed by atoms with Gasteiger partial charge >= 0.3 is 0 Å². The summed E-state index contributed by atoms with van der Waals surface area (Å²) < 4.78 is 5.35. The van der Waals surface area contributed by atoms with Crippen molar-refractivity contribution in [1.29, 1.82) is 0 Å². The first kappa shape index (κ1) is 16.1. The van der Waals surface area contributed by atoms with Gasteiger partial charge in [0.15, 0.2) is 6.61 Å². The Morgan fingerprint density at radius 3 is 2.90 bits per heavy atom. The minimum Gasteiger partial charge on any atom is -0.484 e. The zero-order chi connectivity index (χ0) is 15.1. The quantitative estimate of drug-likeness (QED) is 0.361. The molecule has 1 unspecified atom stereocenters. The standard InChI is InChI=1S/C13H18ClN3O3/c1-9(13(15)16-19)7-17(2)12(18)8-20-11-5-3-4-10(14)6-11/h3-6,9,19H,7-8H2,1-2H3,(H2,15,16). The third-order valence-electron chi connectivity index (χ3n) is 2.75. The number of nitrogens with two attached hydrogens (primary N) is 1. The normalized spacial score (nSPS) is 12.8. The molecule has 0 aliphatic carbocycles. The van der Waals surface area contributed by atoms with Gasteiger partial charge in [-0.05, 0) is 18.2 Å². The van der Waals surface area contributed by atoms with Crippen LogP contribution in [-0.4, -0.2) is 42.0 Å². The summed E-state index contributed by atoms with van der Waals surface area (Å²) in [5.74, 6) is 0.173. The molecule has 0 aliphatic heterocycles. The minimum atomic E-state index is -0.236. The number of carbonyl (C=O) groups excluding carboxylic acids is 1. The number of hydrogen-bond acceptors (Lipinski definition) is 4. The lowest BCUT2D eigenvalue weighted by molar-refractivity contribution is -0.132. The molecule has 0 saturated carbocycles. The van der Waals surface area contributed by atoms with Crippen molar-refractivity contribution in [1.82, 2.24) is 4.90 Å². The molecule has 7 heteroatoms. The zero-order valence-corrected chi connectivity index (χ0v) is 12.2. The highest BCUT2D eigenvalue weighted by atomic mass is 35.5. The van der Waals surface area contributed by atoms with Gasteiger partial charge in [-0.15, -0.1) is 0 Å². The number of carbonyl (C=O) groups is 1. The van der Waals surface area contributed by atoms with Crippen LogP contribution in [0.5, 0.6) is 5.75 Å². The molecule has 1 aromatic carbocycles. The van der Waals surface area contributed by atoms with Gasteiger partial charge in [0.05, 0.1) is 0 Å². The second-order valence-corrected chi connectivity index (χ2v) is 4.88. The van der Waals surface area contributed by atoms with Crippen molar-refractivity contribution in [3.05, 3.63) is 29.3 Å². The van der Waals surface area contributed by atoms with E-state index in [9.17, 15) is 4.79 Å². The molecule has 0 bridgehead atoms. The molecule has 0 radical (unpaired) electrons. The molecule has 3 N–H and O–H groups in total. The summed E-state index contributed by atoms with van der Waals surface area (Å²) in [4.78, 5) is 13.3. The fraction of sp³-hybridized carbons (Fsp3) is 0.385. The number of ether oxygens (including phenoxy) is 1. The van der Waals surface area contributed by atoms with E-state index in [2.05, 4.69) is 5.16 Å². The molecule has 1 rings (SSSR count). The Labute approximate surface area is 122 Å². The second-order valence-electron chi connectivity index (χ2n) is 4.45. The van der Waals surface area contributed by atoms with E-state index in [4.69, 9.17) is 27.3 Å². The van der Waals surface area contributed by atoms with E-state index >= 15 is 0 Å². The molecule has 0 fully saturated rings. The van der Waals surface area contributed by atoms with Crippen LogP contribution in [0.1, 0.15) is 6.92 Å². The highest BCUT2D eigenvalue weighted by Crippen LogP contribution is 2.17. The Hall–Kier alpha value is -1.95. The molecule has 110 valence electrons. The van der Waals surface area contributed by atoms with E-state index < -0.39 is 0 Å². The van der Waals surface area contributed by atoms with E-state index in [0.29, 0.717) is 17.3 Å². The van der Waals surface area contributed by atoms with Crippen molar-refractivity contribution in [3.63, 3.8) is 0 Å². The van der Waals surface area contributed by atoms with Crippen LogP contribution in [-0.2, 0) is 4.79 Å². The smallest absolute Gasteiger partial charge is 0.260 e. The maximum Gasteiger partial charge on any atom is 0.260 e. The van der Waals surface area contributed by atoms with Gasteiger partial charge in [-0.1, -0.05) is 29.7 Å². The van der Waals surface area contributed by atoms with Crippen LogP contribution in [0.15, 0.2) is 29.4 Å². The summed E-state index contributed by atoms with van der Waals surface area (Å²) in [6.45, 7) is 2.00. The lowest BCUT2D eigenvalue weighted by atomic mass is 10.1. The van der Waals surface area contributed by atoms with Crippen molar-refractivity contribution in [2.75, 3.05) is 20.2 Å². The first-order chi connectivity index (χ1) is 9.43. The van der Waals surface area contributed by atoms with Crippen molar-refractivity contribution in [3.8, 4) is 5.75 Å². The number of likely N-dealkylation sites (N-methyl/N-ethyl adjacent to an activating group) is 1. The third-order valence-corrected chi connectivity index (χ3v) is 2.99. The van der Waals surface area contributed by atoms with Crippen molar-refractivity contribution in [2.45, 2.75) is 6.92 Å². The summed E-state index contributed by atoms with van der Waals surface area (Å²) in [5.41, 5.74) is 5.46. The number of hydrogen-bond donors (Lipinski definition) is 2. The maximum atomic E-state index is 11.9. The van der Waals surface area contributed by atoms with Crippen molar-refractivity contribution in [2.24, 2.45) is 16.8 Å². The van der Waals surface area contributed by atoms with Gasteiger partial charge in [-0.2, -0.15) is 0 Å². The van der Waals surface area contributed by atoms with Gasteiger partial charge in [-0.25, -0.2) is 0 Å². The SMILES string of the molecule is CC(CN(C)C(=O)COc1cccc(Cl)c1)C(N)=NO. The first-order valence-corrected chi connectivity index (χ1v) is 6.41. The molecule has 1 amide bonds. The number of halogens is 1. The predicted molar refractivity (Wildman–Crippen MR) is 77.2 cm³/mol. The Morgan fingerprint density at radius 2 is 2.30 bits per heavy atom. The number of nitrogens with zero attached hydrogens (tertiary/aromatic N) is 2. The molecule has 1 atom stereocenters. The van der Waals surface area contributed by atoms with Crippen molar-refractivity contribution >= 4 is 23.3 Å². The van der Waals surface area contributed by atoms with Crippen LogP contribution in [0.2, 0.25) is 5.02 Å². The van der Waals surface area contributed by atoms with Gasteiger partial charge in [0.25, 0.3) is 5.91 Å². The van der Waals surface area contributed by atoms with Crippen LogP contribution in [0.4, 0.5) is 0 Å². The lowest BCUT2D eigenvalue weighted by Gasteiger charge is -2.21. The van der Waals surface area contributed by atoms with Crippen LogP contribution >= 0.6 is 11.6 Å². The number of amides is 1. The molecular weight excluding hydrogens is 282 g/mol. The summed E-state index contributed by atoms with van der Waals surface area (Å²) in [6.07, 6.45) is 0. The minimum absolute atomic E-state index is 0.0837. The average molecular weight is 300 g/mol. The van der Waals surface area contributed by atoms with Crippen LogP contribution in [0, 0.1) is 5.92 Å². The lowest BCUT2D eigenvalue weighted by Crippen LogP contribution is -2.38. The Bertz CT molecular complexity index is 494. The predicted octanol–water partition coefficient (Wildman–Crippen LogP) is 1.56. The highest BCUT2D eigenvalue weighted by Gasteiger charge is 2.15. The van der Waals surface area contributed by atoms with Gasteiger partial charge in [0, 0.05) is 24.5 Å². The summed E-state index contributed by atoms with van der Waals surface area (Å²) in [6, 6.07) is 6.82. The van der Waals surface area contributed by atoms with Gasteiger partial charge in [-0.3, -0.25) is 4.79 Å². The van der Waals surface area contributed by atoms with E-state index in [-0.39, 0.29) is 24.3 Å². The number of amidine groups is 1. The van der Waals surface area contributed by atoms with E-state index in [0.717, 1.165) is 0 Å². The van der Waals surface area contributed by atoms with Gasteiger partial charge in [0.2, 0.25) is 0 Å². The molecule has 0 spiro atoms. The molecule has 0 aliphatic rings.